The number of aromatic nitrogens is 2. The first-order chi connectivity index (χ1) is 13.1. The molecule has 3 aromatic rings. The van der Waals surface area contributed by atoms with Crippen molar-refractivity contribution in [3.8, 4) is 0 Å². The highest BCUT2D eigenvalue weighted by molar-refractivity contribution is 9.10. The second-order valence-corrected chi connectivity index (χ2v) is 8.38. The summed E-state index contributed by atoms with van der Waals surface area (Å²) in [5.74, 6) is 0.582. The number of carbonyl (C=O) groups is 2. The lowest BCUT2D eigenvalue weighted by atomic mass is 10.2. The number of benzene rings is 1. The number of thiophene rings is 1. The first-order valence-electron chi connectivity index (χ1n) is 8.57. The predicted molar refractivity (Wildman–Crippen MR) is 109 cm³/mol. The van der Waals surface area contributed by atoms with Gasteiger partial charge in [0.25, 0.3) is 5.91 Å². The van der Waals surface area contributed by atoms with Crippen molar-refractivity contribution in [2.24, 2.45) is 5.92 Å². The molecule has 0 atom stereocenters. The standard InChI is InChI=1S/C19H17BrN4O2S/c20-14-5-1-12(2-6-14)11-24-16(9-10-21-24)22-19(26)15-7-8-17(27-15)23-18(25)13-3-4-13/h1-2,5-10,13H,3-4,11H2,(H,22,26)(H,23,25). The summed E-state index contributed by atoms with van der Waals surface area (Å²) in [5, 5.41) is 10.7. The number of hydrogen-bond donors (Lipinski definition) is 2. The quantitative estimate of drug-likeness (QED) is 0.592. The summed E-state index contributed by atoms with van der Waals surface area (Å²) in [6.45, 7) is 0.559. The van der Waals surface area contributed by atoms with Crippen LogP contribution in [-0.4, -0.2) is 21.6 Å². The van der Waals surface area contributed by atoms with Crippen LogP contribution in [0, 0.1) is 5.92 Å². The van der Waals surface area contributed by atoms with Gasteiger partial charge in [-0.2, -0.15) is 5.10 Å². The SMILES string of the molecule is O=C(Nc1ccnn1Cc1ccc(Br)cc1)c1ccc(NC(=O)C2CC2)s1. The number of nitrogens with one attached hydrogen (secondary N) is 2. The van der Waals surface area contributed by atoms with E-state index in [0.717, 1.165) is 22.9 Å². The zero-order valence-corrected chi connectivity index (χ0v) is 16.7. The van der Waals surface area contributed by atoms with Gasteiger partial charge in [0.05, 0.1) is 22.6 Å². The third-order valence-electron chi connectivity index (χ3n) is 4.23. The third-order valence-corrected chi connectivity index (χ3v) is 5.76. The molecule has 6 nitrogen and oxygen atoms in total. The van der Waals surface area contributed by atoms with Gasteiger partial charge in [0.1, 0.15) is 5.82 Å². The molecule has 1 aliphatic carbocycles. The van der Waals surface area contributed by atoms with E-state index in [4.69, 9.17) is 0 Å². The van der Waals surface area contributed by atoms with E-state index in [1.165, 1.54) is 11.3 Å². The zero-order chi connectivity index (χ0) is 18.8. The van der Waals surface area contributed by atoms with Crippen molar-refractivity contribution in [3.63, 3.8) is 0 Å². The number of carbonyl (C=O) groups excluding carboxylic acids is 2. The van der Waals surface area contributed by atoms with Crippen molar-refractivity contribution in [2.75, 3.05) is 10.6 Å². The molecule has 2 aromatic heterocycles. The van der Waals surface area contributed by atoms with Crippen LogP contribution in [-0.2, 0) is 11.3 Å². The van der Waals surface area contributed by atoms with Gasteiger partial charge in [0, 0.05) is 16.5 Å². The number of amides is 2. The maximum Gasteiger partial charge on any atom is 0.266 e. The number of anilines is 2. The molecular formula is C19H17BrN4O2S. The Hall–Kier alpha value is -2.45. The maximum atomic E-state index is 12.5. The normalized spacial score (nSPS) is 13.4. The first kappa shape index (κ1) is 17.9. The molecule has 1 saturated carbocycles. The lowest BCUT2D eigenvalue weighted by molar-refractivity contribution is -0.117. The molecule has 1 fully saturated rings. The van der Waals surface area contributed by atoms with Gasteiger partial charge < -0.3 is 10.6 Å². The average molecular weight is 445 g/mol. The fourth-order valence-corrected chi connectivity index (χ4v) is 3.67. The van der Waals surface area contributed by atoms with Crippen LogP contribution in [0.25, 0.3) is 0 Å². The monoisotopic (exact) mass is 444 g/mol. The van der Waals surface area contributed by atoms with Gasteiger partial charge in [-0.05, 0) is 42.7 Å². The Kier molecular flexibility index (Phi) is 5.09. The summed E-state index contributed by atoms with van der Waals surface area (Å²) >= 11 is 4.69. The van der Waals surface area contributed by atoms with Crippen LogP contribution in [0.3, 0.4) is 0 Å². The summed E-state index contributed by atoms with van der Waals surface area (Å²) in [7, 11) is 0. The zero-order valence-electron chi connectivity index (χ0n) is 14.3. The Morgan fingerprint density at radius 2 is 1.89 bits per heavy atom. The molecule has 2 N–H and O–H groups in total. The second kappa shape index (κ2) is 7.66. The fourth-order valence-electron chi connectivity index (χ4n) is 2.60. The van der Waals surface area contributed by atoms with Crippen LogP contribution in [0.4, 0.5) is 10.8 Å². The minimum absolute atomic E-state index is 0.0383. The van der Waals surface area contributed by atoms with Gasteiger partial charge in [0.15, 0.2) is 0 Å². The molecule has 0 spiro atoms. The molecule has 0 aliphatic heterocycles. The molecule has 2 heterocycles. The Morgan fingerprint density at radius 3 is 2.63 bits per heavy atom. The van der Waals surface area contributed by atoms with Crippen molar-refractivity contribution in [1.82, 2.24) is 9.78 Å². The Morgan fingerprint density at radius 1 is 1.11 bits per heavy atom. The Balaban J connectivity index is 1.41. The topological polar surface area (TPSA) is 76.0 Å². The summed E-state index contributed by atoms with van der Waals surface area (Å²) in [5.41, 5.74) is 1.08. The molecule has 1 aromatic carbocycles. The summed E-state index contributed by atoms with van der Waals surface area (Å²) < 4.78 is 2.76. The first-order valence-corrected chi connectivity index (χ1v) is 10.2. The third kappa shape index (κ3) is 4.45. The van der Waals surface area contributed by atoms with Gasteiger partial charge in [-0.3, -0.25) is 9.59 Å². The van der Waals surface area contributed by atoms with Crippen LogP contribution < -0.4 is 10.6 Å². The van der Waals surface area contributed by atoms with E-state index < -0.39 is 0 Å². The largest absolute Gasteiger partial charge is 0.317 e. The molecular weight excluding hydrogens is 428 g/mol. The molecule has 2 amide bonds. The van der Waals surface area contributed by atoms with Crippen molar-refractivity contribution in [2.45, 2.75) is 19.4 Å². The van der Waals surface area contributed by atoms with E-state index in [2.05, 4.69) is 31.7 Å². The molecule has 0 saturated heterocycles. The highest BCUT2D eigenvalue weighted by Crippen LogP contribution is 2.31. The summed E-state index contributed by atoms with van der Waals surface area (Å²) in [6.07, 6.45) is 3.56. The number of hydrogen-bond acceptors (Lipinski definition) is 4. The Bertz CT molecular complexity index is 976. The van der Waals surface area contributed by atoms with Gasteiger partial charge >= 0.3 is 0 Å². The van der Waals surface area contributed by atoms with E-state index in [-0.39, 0.29) is 17.7 Å². The van der Waals surface area contributed by atoms with Crippen molar-refractivity contribution < 1.29 is 9.59 Å². The molecule has 138 valence electrons. The van der Waals surface area contributed by atoms with Crippen LogP contribution in [0.2, 0.25) is 0 Å². The van der Waals surface area contributed by atoms with Crippen molar-refractivity contribution >= 4 is 49.9 Å². The Labute approximate surface area is 168 Å². The van der Waals surface area contributed by atoms with Crippen molar-refractivity contribution in [3.05, 3.63) is 63.6 Å². The highest BCUT2D eigenvalue weighted by atomic mass is 79.9. The average Bonchev–Trinajstić information content (AvgIpc) is 3.27. The number of halogens is 1. The van der Waals surface area contributed by atoms with Crippen LogP contribution in [0.5, 0.6) is 0 Å². The summed E-state index contributed by atoms with van der Waals surface area (Å²) in [4.78, 5) is 24.9. The van der Waals surface area contributed by atoms with Crippen LogP contribution >= 0.6 is 27.3 Å². The predicted octanol–water partition coefficient (Wildman–Crippen LogP) is 4.36. The van der Waals surface area contributed by atoms with E-state index in [1.54, 1.807) is 29.1 Å². The molecule has 4 rings (SSSR count). The molecule has 8 heteroatoms. The molecule has 0 radical (unpaired) electrons. The summed E-state index contributed by atoms with van der Waals surface area (Å²) in [6, 6.07) is 13.2. The van der Waals surface area contributed by atoms with E-state index >= 15 is 0 Å². The van der Waals surface area contributed by atoms with Gasteiger partial charge in [0.2, 0.25) is 5.91 Å². The van der Waals surface area contributed by atoms with Gasteiger partial charge in [-0.1, -0.05) is 28.1 Å². The maximum absolute atomic E-state index is 12.5. The molecule has 0 bridgehead atoms. The highest BCUT2D eigenvalue weighted by Gasteiger charge is 2.29. The molecule has 0 unspecified atom stereocenters. The lowest BCUT2D eigenvalue weighted by Gasteiger charge is -2.08. The number of rotatable bonds is 6. The van der Waals surface area contributed by atoms with E-state index in [0.29, 0.717) is 22.2 Å². The van der Waals surface area contributed by atoms with Crippen LogP contribution in [0.15, 0.2) is 53.1 Å². The smallest absolute Gasteiger partial charge is 0.266 e. The minimum atomic E-state index is -0.218. The van der Waals surface area contributed by atoms with Gasteiger partial charge in [-0.15, -0.1) is 11.3 Å². The van der Waals surface area contributed by atoms with E-state index in [9.17, 15) is 9.59 Å². The van der Waals surface area contributed by atoms with Crippen LogP contribution in [0.1, 0.15) is 28.1 Å². The van der Waals surface area contributed by atoms with Crippen molar-refractivity contribution in [1.29, 1.82) is 0 Å². The molecule has 1 aliphatic rings. The number of nitrogens with zero attached hydrogens (tertiary/aromatic N) is 2. The van der Waals surface area contributed by atoms with Gasteiger partial charge in [-0.25, -0.2) is 4.68 Å². The second-order valence-electron chi connectivity index (χ2n) is 6.38. The molecule has 27 heavy (non-hydrogen) atoms. The minimum Gasteiger partial charge on any atom is -0.317 e. The van der Waals surface area contributed by atoms with E-state index in [1.807, 2.05) is 24.3 Å². The fraction of sp³-hybridized carbons (Fsp3) is 0.211. The lowest BCUT2D eigenvalue weighted by Crippen LogP contribution is -2.15.